The third-order valence-electron chi connectivity index (χ3n) is 4.93. The largest absolute Gasteiger partial charge is 0.390 e. The molecule has 3 atom stereocenters. The van der Waals surface area contributed by atoms with Crippen LogP contribution in [-0.2, 0) is 0 Å². The molecule has 1 heterocycles. The third-order valence-corrected chi connectivity index (χ3v) is 4.93. The molecule has 0 amide bonds. The van der Waals surface area contributed by atoms with E-state index in [1.807, 2.05) is 18.2 Å². The molecule has 2 aromatic rings. The zero-order chi connectivity index (χ0) is 16.2. The molecule has 3 nitrogen and oxygen atoms in total. The first-order valence-electron chi connectivity index (χ1n) is 8.44. The van der Waals surface area contributed by atoms with Crippen molar-refractivity contribution < 1.29 is 5.11 Å². The summed E-state index contributed by atoms with van der Waals surface area (Å²) in [6, 6.07) is 19.2. The van der Waals surface area contributed by atoms with Crippen molar-refractivity contribution >= 4 is 5.69 Å². The molecule has 0 saturated carbocycles. The van der Waals surface area contributed by atoms with E-state index in [4.69, 9.17) is 0 Å². The maximum atomic E-state index is 10.6. The van der Waals surface area contributed by atoms with Gasteiger partial charge < -0.3 is 10.4 Å². The van der Waals surface area contributed by atoms with Crippen LogP contribution in [0.3, 0.4) is 0 Å². The van der Waals surface area contributed by atoms with Crippen LogP contribution >= 0.6 is 0 Å². The van der Waals surface area contributed by atoms with Crippen LogP contribution in [0.15, 0.2) is 54.6 Å². The fraction of sp³-hybridized carbons (Fsp3) is 0.400. The summed E-state index contributed by atoms with van der Waals surface area (Å²) in [5, 5.41) is 14.1. The van der Waals surface area contributed by atoms with Crippen molar-refractivity contribution in [2.75, 3.05) is 18.4 Å². The molecule has 3 rings (SSSR count). The summed E-state index contributed by atoms with van der Waals surface area (Å²) in [5.41, 5.74) is 3.66. The molecule has 3 heteroatoms. The first kappa shape index (κ1) is 16.0. The van der Waals surface area contributed by atoms with Crippen LogP contribution in [0.2, 0.25) is 0 Å². The minimum absolute atomic E-state index is 0.121. The van der Waals surface area contributed by atoms with Crippen molar-refractivity contribution in [3.8, 4) is 0 Å². The lowest BCUT2D eigenvalue weighted by molar-refractivity contribution is 0.0407. The minimum Gasteiger partial charge on any atom is -0.390 e. The zero-order valence-electron chi connectivity index (χ0n) is 13.9. The maximum Gasteiger partial charge on any atom is 0.0868 e. The number of hydrogen-bond acceptors (Lipinski definition) is 3. The number of rotatable bonds is 4. The van der Waals surface area contributed by atoms with E-state index in [-0.39, 0.29) is 12.1 Å². The van der Waals surface area contributed by atoms with Gasteiger partial charge in [-0.15, -0.1) is 0 Å². The molecule has 1 aliphatic rings. The van der Waals surface area contributed by atoms with Crippen molar-refractivity contribution in [3.63, 3.8) is 0 Å². The molecule has 1 aliphatic heterocycles. The summed E-state index contributed by atoms with van der Waals surface area (Å²) in [7, 11) is 0. The predicted octanol–water partition coefficient (Wildman–Crippen LogP) is 3.60. The molecule has 0 aromatic heterocycles. The SMILES string of the molecule is Cc1ccccc1N[C@H]1CCN(C(C)c2ccccc2)C[C@@H]1O. The van der Waals surface area contributed by atoms with E-state index in [1.54, 1.807) is 0 Å². The second-order valence-corrected chi connectivity index (χ2v) is 6.50. The van der Waals surface area contributed by atoms with Gasteiger partial charge in [0, 0.05) is 24.8 Å². The van der Waals surface area contributed by atoms with Gasteiger partial charge in [-0.05, 0) is 37.5 Å². The van der Waals surface area contributed by atoms with Gasteiger partial charge in [-0.25, -0.2) is 0 Å². The molecule has 0 bridgehead atoms. The van der Waals surface area contributed by atoms with Gasteiger partial charge in [-0.1, -0.05) is 48.5 Å². The van der Waals surface area contributed by atoms with Crippen molar-refractivity contribution in [1.29, 1.82) is 0 Å². The Morgan fingerprint density at radius 3 is 2.48 bits per heavy atom. The number of nitrogens with one attached hydrogen (secondary N) is 1. The summed E-state index contributed by atoms with van der Waals surface area (Å²) in [4.78, 5) is 2.37. The molecule has 2 aromatic carbocycles. The summed E-state index contributed by atoms with van der Waals surface area (Å²) in [5.74, 6) is 0. The number of hydrogen-bond donors (Lipinski definition) is 2. The second kappa shape index (κ2) is 7.16. The molecule has 122 valence electrons. The number of aryl methyl sites for hydroxylation is 1. The monoisotopic (exact) mass is 310 g/mol. The number of benzene rings is 2. The second-order valence-electron chi connectivity index (χ2n) is 6.50. The first-order valence-corrected chi connectivity index (χ1v) is 8.44. The van der Waals surface area contributed by atoms with E-state index >= 15 is 0 Å². The van der Waals surface area contributed by atoms with Gasteiger partial charge in [0.15, 0.2) is 0 Å². The van der Waals surface area contributed by atoms with Crippen LogP contribution < -0.4 is 5.32 Å². The molecule has 1 saturated heterocycles. The number of anilines is 1. The van der Waals surface area contributed by atoms with E-state index in [2.05, 4.69) is 60.5 Å². The quantitative estimate of drug-likeness (QED) is 0.905. The smallest absolute Gasteiger partial charge is 0.0868 e. The highest BCUT2D eigenvalue weighted by Gasteiger charge is 2.30. The Kier molecular flexibility index (Phi) is 4.99. The van der Waals surface area contributed by atoms with E-state index < -0.39 is 0 Å². The Bertz CT molecular complexity index is 629. The number of piperidine rings is 1. The fourth-order valence-corrected chi connectivity index (χ4v) is 3.35. The van der Waals surface area contributed by atoms with Crippen molar-refractivity contribution in [2.45, 2.75) is 38.5 Å². The Hall–Kier alpha value is -1.84. The fourth-order valence-electron chi connectivity index (χ4n) is 3.35. The van der Waals surface area contributed by atoms with Crippen molar-refractivity contribution in [3.05, 3.63) is 65.7 Å². The molecular weight excluding hydrogens is 284 g/mol. The summed E-state index contributed by atoms with van der Waals surface area (Å²) in [6.45, 7) is 6.02. The normalized spacial score (nSPS) is 23.4. The van der Waals surface area contributed by atoms with Gasteiger partial charge >= 0.3 is 0 Å². The number of β-amino-alcohol motifs (C(OH)–C–C–N with tert-alkyl or cyclic N) is 1. The Morgan fingerprint density at radius 2 is 1.78 bits per heavy atom. The number of nitrogens with zero attached hydrogens (tertiary/aromatic N) is 1. The Labute approximate surface area is 139 Å². The lowest BCUT2D eigenvalue weighted by Gasteiger charge is -2.40. The zero-order valence-corrected chi connectivity index (χ0v) is 13.9. The molecule has 1 unspecified atom stereocenters. The highest BCUT2D eigenvalue weighted by molar-refractivity contribution is 5.51. The first-order chi connectivity index (χ1) is 11.1. The van der Waals surface area contributed by atoms with E-state index in [0.29, 0.717) is 12.6 Å². The highest BCUT2D eigenvalue weighted by atomic mass is 16.3. The van der Waals surface area contributed by atoms with Crippen LogP contribution in [0.1, 0.15) is 30.5 Å². The lowest BCUT2D eigenvalue weighted by Crippen LogP contribution is -2.50. The minimum atomic E-state index is -0.352. The number of aliphatic hydroxyl groups is 1. The van der Waals surface area contributed by atoms with Crippen LogP contribution in [-0.4, -0.2) is 35.2 Å². The van der Waals surface area contributed by atoms with Gasteiger partial charge in [0.2, 0.25) is 0 Å². The molecule has 1 fully saturated rings. The van der Waals surface area contributed by atoms with E-state index in [1.165, 1.54) is 11.1 Å². The predicted molar refractivity (Wildman–Crippen MR) is 95.6 cm³/mol. The summed E-state index contributed by atoms with van der Waals surface area (Å²) < 4.78 is 0. The van der Waals surface area contributed by atoms with E-state index in [0.717, 1.165) is 18.7 Å². The topological polar surface area (TPSA) is 35.5 Å². The molecule has 0 aliphatic carbocycles. The van der Waals surface area contributed by atoms with Gasteiger partial charge in [0.25, 0.3) is 0 Å². The average Bonchev–Trinajstić information content (AvgIpc) is 2.58. The Balaban J connectivity index is 1.62. The van der Waals surface area contributed by atoms with Crippen LogP contribution in [0.25, 0.3) is 0 Å². The molecule has 2 N–H and O–H groups in total. The van der Waals surface area contributed by atoms with Gasteiger partial charge in [0.1, 0.15) is 0 Å². The number of aliphatic hydroxyl groups excluding tert-OH is 1. The van der Waals surface area contributed by atoms with Crippen molar-refractivity contribution in [2.24, 2.45) is 0 Å². The van der Waals surface area contributed by atoms with E-state index in [9.17, 15) is 5.11 Å². The van der Waals surface area contributed by atoms with Gasteiger partial charge in [0.05, 0.1) is 12.1 Å². The van der Waals surface area contributed by atoms with Crippen molar-refractivity contribution in [1.82, 2.24) is 4.90 Å². The van der Waals surface area contributed by atoms with Crippen LogP contribution in [0.5, 0.6) is 0 Å². The summed E-state index contributed by atoms with van der Waals surface area (Å²) >= 11 is 0. The molecular formula is C20H26N2O. The lowest BCUT2D eigenvalue weighted by atomic mass is 9.97. The van der Waals surface area contributed by atoms with Gasteiger partial charge in [-0.3, -0.25) is 4.90 Å². The number of para-hydroxylation sites is 1. The average molecular weight is 310 g/mol. The van der Waals surface area contributed by atoms with Crippen LogP contribution in [0, 0.1) is 6.92 Å². The third kappa shape index (κ3) is 3.74. The molecule has 23 heavy (non-hydrogen) atoms. The number of likely N-dealkylation sites (tertiary alicyclic amines) is 1. The van der Waals surface area contributed by atoms with Gasteiger partial charge in [-0.2, -0.15) is 0 Å². The standard InChI is InChI=1S/C20H26N2O/c1-15-8-6-7-11-18(15)21-19-12-13-22(14-20(19)23)16(2)17-9-4-3-5-10-17/h3-11,16,19-21,23H,12-14H2,1-2H3/t16?,19-,20-/m0/s1. The Morgan fingerprint density at radius 1 is 1.09 bits per heavy atom. The molecule has 0 radical (unpaired) electrons. The maximum absolute atomic E-state index is 10.6. The van der Waals surface area contributed by atoms with Crippen LogP contribution in [0.4, 0.5) is 5.69 Å². The molecule has 0 spiro atoms. The summed E-state index contributed by atoms with van der Waals surface area (Å²) in [6.07, 6.45) is 0.599. The highest BCUT2D eigenvalue weighted by Crippen LogP contribution is 2.26.